The van der Waals surface area contributed by atoms with Gasteiger partial charge in [0.05, 0.1) is 6.42 Å². The smallest absolute Gasteiger partial charge is 0.303 e. The molecule has 1 aromatic rings. The minimum Gasteiger partial charge on any atom is -0.481 e. The van der Waals surface area contributed by atoms with E-state index in [2.05, 4.69) is 17.4 Å². The summed E-state index contributed by atoms with van der Waals surface area (Å²) in [7, 11) is 0. The number of carbonyl (C=O) groups excluding carboxylic acids is 1. The first-order chi connectivity index (χ1) is 9.85. The van der Waals surface area contributed by atoms with Gasteiger partial charge in [0.1, 0.15) is 0 Å². The molecule has 0 aromatic heterocycles. The molecular formula is C17H23NO3. The van der Waals surface area contributed by atoms with Crippen LogP contribution >= 0.6 is 0 Å². The SMILES string of the molecule is CC(C)(CC(=O)O)CC(=O)N[C@@H]1CCc2ccccc2C1. The molecule has 1 amide bonds. The van der Waals surface area contributed by atoms with Gasteiger partial charge in [-0.2, -0.15) is 0 Å². The van der Waals surface area contributed by atoms with E-state index in [4.69, 9.17) is 5.11 Å². The van der Waals surface area contributed by atoms with Crippen molar-refractivity contribution in [2.75, 3.05) is 0 Å². The zero-order valence-corrected chi connectivity index (χ0v) is 12.7. The number of amides is 1. The molecule has 0 radical (unpaired) electrons. The van der Waals surface area contributed by atoms with Gasteiger partial charge in [0, 0.05) is 12.5 Å². The summed E-state index contributed by atoms with van der Waals surface area (Å²) in [5, 5.41) is 11.9. The standard InChI is InChI=1S/C17H23NO3/c1-17(2,11-16(20)21)10-15(19)18-14-8-7-12-5-3-4-6-13(12)9-14/h3-6,14H,7-11H2,1-2H3,(H,18,19)(H,20,21)/t14-/m1/s1. The lowest BCUT2D eigenvalue weighted by atomic mass is 9.84. The fourth-order valence-electron chi connectivity index (χ4n) is 3.01. The Morgan fingerprint density at radius 2 is 1.90 bits per heavy atom. The zero-order valence-electron chi connectivity index (χ0n) is 12.7. The maximum Gasteiger partial charge on any atom is 0.303 e. The van der Waals surface area contributed by atoms with Crippen LogP contribution in [0.5, 0.6) is 0 Å². The first-order valence-electron chi connectivity index (χ1n) is 7.44. The summed E-state index contributed by atoms with van der Waals surface area (Å²) in [4.78, 5) is 22.9. The van der Waals surface area contributed by atoms with Crippen molar-refractivity contribution in [3.63, 3.8) is 0 Å². The highest BCUT2D eigenvalue weighted by Crippen LogP contribution is 2.26. The Morgan fingerprint density at radius 3 is 2.57 bits per heavy atom. The molecule has 114 valence electrons. The number of fused-ring (bicyclic) bond motifs is 1. The topological polar surface area (TPSA) is 66.4 Å². The molecule has 0 saturated carbocycles. The summed E-state index contributed by atoms with van der Waals surface area (Å²) in [6.45, 7) is 3.63. The molecular weight excluding hydrogens is 266 g/mol. The predicted octanol–water partition coefficient (Wildman–Crippen LogP) is 2.55. The Balaban J connectivity index is 1.88. The van der Waals surface area contributed by atoms with Gasteiger partial charge in [-0.05, 0) is 35.8 Å². The molecule has 4 heteroatoms. The van der Waals surface area contributed by atoms with Crippen molar-refractivity contribution in [2.45, 2.75) is 52.0 Å². The van der Waals surface area contributed by atoms with E-state index in [0.717, 1.165) is 19.3 Å². The maximum atomic E-state index is 12.1. The van der Waals surface area contributed by atoms with Crippen LogP contribution in [0.25, 0.3) is 0 Å². The number of carboxylic acid groups (broad SMARTS) is 1. The van der Waals surface area contributed by atoms with Crippen molar-refractivity contribution < 1.29 is 14.7 Å². The molecule has 0 spiro atoms. The van der Waals surface area contributed by atoms with Gasteiger partial charge in [0.25, 0.3) is 0 Å². The highest BCUT2D eigenvalue weighted by molar-refractivity contribution is 5.78. The molecule has 1 aromatic carbocycles. The van der Waals surface area contributed by atoms with Crippen LogP contribution in [0.4, 0.5) is 0 Å². The van der Waals surface area contributed by atoms with Gasteiger partial charge in [-0.15, -0.1) is 0 Å². The van der Waals surface area contributed by atoms with Crippen LogP contribution in [0.3, 0.4) is 0 Å². The number of benzene rings is 1. The fraction of sp³-hybridized carbons (Fsp3) is 0.529. The summed E-state index contributed by atoms with van der Waals surface area (Å²) >= 11 is 0. The molecule has 0 bridgehead atoms. The number of nitrogens with one attached hydrogen (secondary N) is 1. The molecule has 21 heavy (non-hydrogen) atoms. The molecule has 0 aliphatic heterocycles. The monoisotopic (exact) mass is 289 g/mol. The third-order valence-corrected chi connectivity index (χ3v) is 3.98. The highest BCUT2D eigenvalue weighted by atomic mass is 16.4. The molecule has 0 saturated heterocycles. The van der Waals surface area contributed by atoms with Gasteiger partial charge in [0.15, 0.2) is 0 Å². The Hall–Kier alpha value is -1.84. The molecule has 2 N–H and O–H groups in total. The third kappa shape index (κ3) is 4.59. The number of aliphatic carboxylic acids is 1. The van der Waals surface area contributed by atoms with Crippen LogP contribution in [0, 0.1) is 5.41 Å². The van der Waals surface area contributed by atoms with E-state index in [9.17, 15) is 9.59 Å². The molecule has 1 atom stereocenters. The van der Waals surface area contributed by atoms with Crippen LogP contribution in [0.1, 0.15) is 44.2 Å². The van der Waals surface area contributed by atoms with E-state index >= 15 is 0 Å². The van der Waals surface area contributed by atoms with Crippen LogP contribution < -0.4 is 5.32 Å². The van der Waals surface area contributed by atoms with Crippen molar-refractivity contribution in [1.82, 2.24) is 5.32 Å². The molecule has 4 nitrogen and oxygen atoms in total. The van der Waals surface area contributed by atoms with E-state index in [1.54, 1.807) is 0 Å². The molecule has 2 rings (SSSR count). The van der Waals surface area contributed by atoms with E-state index < -0.39 is 11.4 Å². The summed E-state index contributed by atoms with van der Waals surface area (Å²) < 4.78 is 0. The molecule has 1 aliphatic rings. The lowest BCUT2D eigenvalue weighted by Gasteiger charge is -2.27. The third-order valence-electron chi connectivity index (χ3n) is 3.98. The molecule has 1 aliphatic carbocycles. The Kier molecular flexibility index (Phi) is 4.66. The lowest BCUT2D eigenvalue weighted by molar-refractivity contribution is -0.139. The lowest BCUT2D eigenvalue weighted by Crippen LogP contribution is -2.40. The van der Waals surface area contributed by atoms with E-state index in [1.165, 1.54) is 11.1 Å². The predicted molar refractivity (Wildman–Crippen MR) is 81.0 cm³/mol. The second-order valence-electron chi connectivity index (χ2n) is 6.69. The summed E-state index contributed by atoms with van der Waals surface area (Å²) in [5.74, 6) is -0.912. The van der Waals surface area contributed by atoms with Crippen LogP contribution in [-0.4, -0.2) is 23.0 Å². The van der Waals surface area contributed by atoms with Crippen molar-refractivity contribution in [3.8, 4) is 0 Å². The van der Waals surface area contributed by atoms with Gasteiger partial charge < -0.3 is 10.4 Å². The quantitative estimate of drug-likeness (QED) is 0.875. The molecule has 0 fully saturated rings. The minimum absolute atomic E-state index is 0.00786. The maximum absolute atomic E-state index is 12.1. The number of aryl methyl sites for hydroxylation is 1. The van der Waals surface area contributed by atoms with Gasteiger partial charge >= 0.3 is 5.97 Å². The zero-order chi connectivity index (χ0) is 15.5. The number of rotatable bonds is 5. The van der Waals surface area contributed by atoms with Crippen LogP contribution in [0.2, 0.25) is 0 Å². The van der Waals surface area contributed by atoms with E-state index in [0.29, 0.717) is 0 Å². The fourth-order valence-corrected chi connectivity index (χ4v) is 3.01. The number of carbonyl (C=O) groups is 2. The van der Waals surface area contributed by atoms with E-state index in [-0.39, 0.29) is 24.8 Å². The Labute approximate surface area is 125 Å². The minimum atomic E-state index is -0.862. The van der Waals surface area contributed by atoms with E-state index in [1.807, 2.05) is 26.0 Å². The van der Waals surface area contributed by atoms with Crippen molar-refractivity contribution in [3.05, 3.63) is 35.4 Å². The number of hydrogen-bond acceptors (Lipinski definition) is 2. The van der Waals surface area contributed by atoms with Gasteiger partial charge in [-0.25, -0.2) is 0 Å². The summed E-state index contributed by atoms with van der Waals surface area (Å²) in [6, 6.07) is 8.49. The van der Waals surface area contributed by atoms with Gasteiger partial charge in [-0.1, -0.05) is 38.1 Å². The van der Waals surface area contributed by atoms with Gasteiger partial charge in [-0.3, -0.25) is 9.59 Å². The largest absolute Gasteiger partial charge is 0.481 e. The average molecular weight is 289 g/mol. The molecule has 0 unspecified atom stereocenters. The molecule has 0 heterocycles. The van der Waals surface area contributed by atoms with Crippen molar-refractivity contribution in [2.24, 2.45) is 5.41 Å². The summed E-state index contributed by atoms with van der Waals surface area (Å²) in [6.07, 6.45) is 3.05. The Bertz CT molecular complexity index is 537. The summed E-state index contributed by atoms with van der Waals surface area (Å²) in [5.41, 5.74) is 2.16. The Morgan fingerprint density at radius 1 is 1.24 bits per heavy atom. The number of carboxylic acids is 1. The number of hydrogen-bond donors (Lipinski definition) is 2. The van der Waals surface area contributed by atoms with Crippen molar-refractivity contribution >= 4 is 11.9 Å². The van der Waals surface area contributed by atoms with Crippen molar-refractivity contribution in [1.29, 1.82) is 0 Å². The van der Waals surface area contributed by atoms with Crippen LogP contribution in [-0.2, 0) is 22.4 Å². The van der Waals surface area contributed by atoms with Gasteiger partial charge in [0.2, 0.25) is 5.91 Å². The first kappa shape index (κ1) is 15.5. The first-order valence-corrected chi connectivity index (χ1v) is 7.44. The second-order valence-corrected chi connectivity index (χ2v) is 6.69. The second kappa shape index (κ2) is 6.29. The average Bonchev–Trinajstić information content (AvgIpc) is 2.36. The van der Waals surface area contributed by atoms with Crippen LogP contribution in [0.15, 0.2) is 24.3 Å². The highest BCUT2D eigenvalue weighted by Gasteiger charge is 2.27. The normalized spacial score (nSPS) is 17.9.